The van der Waals surface area contributed by atoms with Gasteiger partial charge in [0.2, 0.25) is 5.91 Å². The van der Waals surface area contributed by atoms with Gasteiger partial charge in [-0.3, -0.25) is 4.79 Å². The van der Waals surface area contributed by atoms with Gasteiger partial charge in [0.25, 0.3) is 0 Å². The first kappa shape index (κ1) is 17.2. The van der Waals surface area contributed by atoms with Crippen LogP contribution in [0.5, 0.6) is 5.75 Å². The van der Waals surface area contributed by atoms with Crippen molar-refractivity contribution in [1.82, 2.24) is 4.98 Å². The van der Waals surface area contributed by atoms with Crippen LogP contribution in [0.3, 0.4) is 0 Å². The fourth-order valence-electron chi connectivity index (χ4n) is 2.88. The summed E-state index contributed by atoms with van der Waals surface area (Å²) in [6.45, 7) is 0. The largest absolute Gasteiger partial charge is 0.508 e. The number of nitrogens with one attached hydrogen (secondary N) is 1. The number of carbonyl (C=O) groups excluding carboxylic acids is 1. The Bertz CT molecular complexity index is 1040. The van der Waals surface area contributed by atoms with Crippen LogP contribution in [-0.2, 0) is 17.6 Å². The number of phenols is 1. The minimum Gasteiger partial charge on any atom is -0.508 e. The first-order chi connectivity index (χ1) is 13.2. The van der Waals surface area contributed by atoms with Crippen LogP contribution in [0.25, 0.3) is 10.2 Å². The number of nitrogens with zero attached hydrogens (tertiary/aromatic N) is 1. The molecule has 1 heterocycles. The molecule has 3 aromatic carbocycles. The highest BCUT2D eigenvalue weighted by Crippen LogP contribution is 2.24. The number of benzene rings is 3. The summed E-state index contributed by atoms with van der Waals surface area (Å²) in [5, 5.41) is 13.3. The van der Waals surface area contributed by atoms with E-state index in [2.05, 4.69) is 16.4 Å². The lowest BCUT2D eigenvalue weighted by atomic mass is 10.1. The number of fused-ring (bicyclic) bond motifs is 1. The lowest BCUT2D eigenvalue weighted by Gasteiger charge is -2.06. The molecule has 0 bridgehead atoms. The number of phenolic OH excluding ortho intramolecular Hbond substituents is 1. The van der Waals surface area contributed by atoms with Crippen LogP contribution >= 0.6 is 11.3 Å². The highest BCUT2D eigenvalue weighted by atomic mass is 32.1. The van der Waals surface area contributed by atoms with Crippen molar-refractivity contribution in [1.29, 1.82) is 0 Å². The molecule has 0 saturated carbocycles. The predicted molar refractivity (Wildman–Crippen MR) is 109 cm³/mol. The Labute approximate surface area is 161 Å². The monoisotopic (exact) mass is 374 g/mol. The van der Waals surface area contributed by atoms with E-state index in [-0.39, 0.29) is 18.1 Å². The molecule has 1 amide bonds. The summed E-state index contributed by atoms with van der Waals surface area (Å²) in [6.07, 6.45) is 1.05. The van der Waals surface area contributed by atoms with Gasteiger partial charge in [-0.05, 0) is 47.5 Å². The lowest BCUT2D eigenvalue weighted by molar-refractivity contribution is -0.115. The number of thiazole rings is 1. The van der Waals surface area contributed by atoms with Gasteiger partial charge in [0, 0.05) is 12.1 Å². The zero-order valence-corrected chi connectivity index (χ0v) is 15.4. The van der Waals surface area contributed by atoms with Crippen molar-refractivity contribution in [2.75, 3.05) is 5.32 Å². The maximum atomic E-state index is 12.2. The highest BCUT2D eigenvalue weighted by molar-refractivity contribution is 7.18. The zero-order valence-electron chi connectivity index (χ0n) is 14.6. The van der Waals surface area contributed by atoms with E-state index < -0.39 is 0 Å². The molecule has 0 saturated heterocycles. The SMILES string of the molecule is O=C(Cc1ccc(O)cc1)Nc1ccc(Cc2nc3ccccc3s2)cc1. The predicted octanol–water partition coefficient (Wildman–Crippen LogP) is 4.77. The Hall–Kier alpha value is -3.18. The second-order valence-electron chi connectivity index (χ2n) is 6.34. The Morgan fingerprint density at radius 2 is 1.63 bits per heavy atom. The number of para-hydroxylation sites is 1. The smallest absolute Gasteiger partial charge is 0.228 e. The fraction of sp³-hybridized carbons (Fsp3) is 0.0909. The van der Waals surface area contributed by atoms with Crippen molar-refractivity contribution < 1.29 is 9.90 Å². The van der Waals surface area contributed by atoms with E-state index in [4.69, 9.17) is 0 Å². The van der Waals surface area contributed by atoms with Gasteiger partial charge in [0.1, 0.15) is 5.75 Å². The van der Waals surface area contributed by atoms with Crippen molar-refractivity contribution in [2.45, 2.75) is 12.8 Å². The topological polar surface area (TPSA) is 62.2 Å². The number of hydrogen-bond acceptors (Lipinski definition) is 4. The molecule has 0 unspecified atom stereocenters. The van der Waals surface area contributed by atoms with Crippen LogP contribution in [0.1, 0.15) is 16.1 Å². The molecule has 0 aliphatic carbocycles. The molecule has 2 N–H and O–H groups in total. The van der Waals surface area contributed by atoms with Crippen LogP contribution < -0.4 is 5.32 Å². The number of amides is 1. The molecule has 4 nitrogen and oxygen atoms in total. The van der Waals surface area contributed by atoms with Crippen molar-refractivity contribution in [3.8, 4) is 5.75 Å². The van der Waals surface area contributed by atoms with Gasteiger partial charge in [0.15, 0.2) is 0 Å². The number of anilines is 1. The van der Waals surface area contributed by atoms with Crippen LogP contribution in [-0.4, -0.2) is 16.0 Å². The normalized spacial score (nSPS) is 10.8. The number of aromatic hydroxyl groups is 1. The van der Waals surface area contributed by atoms with E-state index >= 15 is 0 Å². The number of rotatable bonds is 5. The average Bonchev–Trinajstić information content (AvgIpc) is 3.07. The van der Waals surface area contributed by atoms with Crippen LogP contribution in [0.15, 0.2) is 72.8 Å². The number of aromatic nitrogens is 1. The van der Waals surface area contributed by atoms with E-state index in [1.54, 1.807) is 35.6 Å². The van der Waals surface area contributed by atoms with Gasteiger partial charge in [-0.15, -0.1) is 11.3 Å². The molecule has 0 atom stereocenters. The van der Waals surface area contributed by atoms with E-state index in [0.29, 0.717) is 0 Å². The second kappa shape index (κ2) is 7.60. The molecule has 0 spiro atoms. The highest BCUT2D eigenvalue weighted by Gasteiger charge is 2.07. The Morgan fingerprint density at radius 3 is 2.37 bits per heavy atom. The van der Waals surface area contributed by atoms with Crippen LogP contribution in [0, 0.1) is 0 Å². The average molecular weight is 374 g/mol. The van der Waals surface area contributed by atoms with Crippen LogP contribution in [0.2, 0.25) is 0 Å². The molecule has 0 fully saturated rings. The Balaban J connectivity index is 1.38. The third kappa shape index (κ3) is 4.33. The number of hydrogen-bond donors (Lipinski definition) is 2. The molecule has 0 aliphatic rings. The van der Waals surface area contributed by atoms with Crippen molar-refractivity contribution in [3.05, 3.63) is 88.9 Å². The van der Waals surface area contributed by atoms with Gasteiger partial charge < -0.3 is 10.4 Å². The van der Waals surface area contributed by atoms with Crippen molar-refractivity contribution in [2.24, 2.45) is 0 Å². The molecule has 0 aliphatic heterocycles. The minimum atomic E-state index is -0.0837. The molecule has 0 radical (unpaired) electrons. The van der Waals surface area contributed by atoms with Gasteiger partial charge >= 0.3 is 0 Å². The quantitative estimate of drug-likeness (QED) is 0.529. The lowest BCUT2D eigenvalue weighted by Crippen LogP contribution is -2.14. The Morgan fingerprint density at radius 1 is 0.926 bits per heavy atom. The second-order valence-corrected chi connectivity index (χ2v) is 7.46. The van der Waals surface area contributed by atoms with E-state index in [1.807, 2.05) is 42.5 Å². The molecule has 4 aromatic rings. The number of carbonyl (C=O) groups is 1. The van der Waals surface area contributed by atoms with Crippen LogP contribution in [0.4, 0.5) is 5.69 Å². The van der Waals surface area contributed by atoms with Gasteiger partial charge in [-0.2, -0.15) is 0 Å². The van der Waals surface area contributed by atoms with Crippen molar-refractivity contribution >= 4 is 33.1 Å². The summed E-state index contributed by atoms with van der Waals surface area (Å²) in [7, 11) is 0. The zero-order chi connectivity index (χ0) is 18.6. The van der Waals surface area contributed by atoms with E-state index in [9.17, 15) is 9.90 Å². The van der Waals surface area contributed by atoms with Gasteiger partial charge in [-0.25, -0.2) is 4.98 Å². The summed E-state index contributed by atoms with van der Waals surface area (Å²) in [6, 6.07) is 22.7. The summed E-state index contributed by atoms with van der Waals surface area (Å²) in [4.78, 5) is 16.8. The van der Waals surface area contributed by atoms with E-state index in [1.165, 1.54) is 4.70 Å². The molecule has 4 rings (SSSR count). The first-order valence-corrected chi connectivity index (χ1v) is 9.48. The molecular weight excluding hydrogens is 356 g/mol. The van der Waals surface area contributed by atoms with Gasteiger partial charge in [-0.1, -0.05) is 36.4 Å². The summed E-state index contributed by atoms with van der Waals surface area (Å²) in [5.41, 5.74) is 3.82. The van der Waals surface area contributed by atoms with Gasteiger partial charge in [0.05, 0.1) is 21.6 Å². The molecule has 5 heteroatoms. The fourth-order valence-corrected chi connectivity index (χ4v) is 3.88. The molecule has 134 valence electrons. The third-order valence-electron chi connectivity index (χ3n) is 4.23. The minimum absolute atomic E-state index is 0.0837. The maximum Gasteiger partial charge on any atom is 0.228 e. The molecular formula is C22H18N2O2S. The van der Waals surface area contributed by atoms with Crippen molar-refractivity contribution in [3.63, 3.8) is 0 Å². The molecule has 27 heavy (non-hydrogen) atoms. The molecule has 1 aromatic heterocycles. The maximum absolute atomic E-state index is 12.2. The summed E-state index contributed by atoms with van der Waals surface area (Å²) >= 11 is 1.71. The standard InChI is InChI=1S/C22H18N2O2S/c25-18-11-7-15(8-12-18)13-21(26)23-17-9-5-16(6-10-17)14-22-24-19-3-1-2-4-20(19)27-22/h1-12,25H,13-14H2,(H,23,26). The summed E-state index contributed by atoms with van der Waals surface area (Å²) < 4.78 is 1.20. The van der Waals surface area contributed by atoms with E-state index in [0.717, 1.165) is 33.8 Å². The summed E-state index contributed by atoms with van der Waals surface area (Å²) in [5.74, 6) is 0.113. The third-order valence-corrected chi connectivity index (χ3v) is 5.27. The first-order valence-electron chi connectivity index (χ1n) is 8.67. The Kier molecular flexibility index (Phi) is 4.85.